The van der Waals surface area contributed by atoms with Gasteiger partial charge in [0.2, 0.25) is 0 Å². The Labute approximate surface area is 169 Å². The molecule has 0 N–H and O–H groups in total. The average Bonchev–Trinajstić information content (AvgIpc) is 3.10. The molecule has 9 heteroatoms. The Bertz CT molecular complexity index is 1110. The lowest BCUT2D eigenvalue weighted by molar-refractivity contribution is -0.384. The monoisotopic (exact) mass is 415 g/mol. The third-order valence-corrected chi connectivity index (χ3v) is 5.07. The van der Waals surface area contributed by atoms with Crippen LogP contribution in [0.3, 0.4) is 0 Å². The highest BCUT2D eigenvalue weighted by Crippen LogP contribution is 2.31. The lowest BCUT2D eigenvalue weighted by atomic mass is 9.95. The average molecular weight is 416 g/mol. The van der Waals surface area contributed by atoms with Crippen LogP contribution in [0.15, 0.2) is 42.5 Å². The lowest BCUT2D eigenvalue weighted by Crippen LogP contribution is -2.13. The fourth-order valence-corrected chi connectivity index (χ4v) is 3.61. The molecule has 0 saturated carbocycles. The van der Waals surface area contributed by atoms with E-state index in [0.717, 1.165) is 36.6 Å². The molecule has 4 rings (SSSR count). The molecule has 0 spiro atoms. The zero-order chi connectivity index (χ0) is 20.5. The second-order valence-corrected chi connectivity index (χ2v) is 7.04. The quantitative estimate of drug-likeness (QED) is 0.267. The molecule has 0 atom stereocenters. The molecule has 0 fully saturated rings. The van der Waals surface area contributed by atoms with Crippen molar-refractivity contribution < 1.29 is 18.8 Å². The van der Waals surface area contributed by atoms with Gasteiger partial charge in [-0.3, -0.25) is 10.1 Å². The van der Waals surface area contributed by atoms with Crippen molar-refractivity contribution in [3.63, 3.8) is 0 Å². The summed E-state index contributed by atoms with van der Waals surface area (Å²) >= 11 is 6.02. The van der Waals surface area contributed by atoms with Gasteiger partial charge in [0.15, 0.2) is 5.69 Å². The van der Waals surface area contributed by atoms with Crippen LogP contribution in [0.25, 0.3) is 5.69 Å². The predicted molar refractivity (Wildman–Crippen MR) is 103 cm³/mol. The van der Waals surface area contributed by atoms with Crippen molar-refractivity contribution in [1.82, 2.24) is 9.78 Å². The third-order valence-electron chi connectivity index (χ3n) is 4.77. The van der Waals surface area contributed by atoms with E-state index in [1.165, 1.54) is 24.3 Å². The van der Waals surface area contributed by atoms with E-state index in [4.69, 9.17) is 16.3 Å². The van der Waals surface area contributed by atoms with Crippen LogP contribution in [0, 0.1) is 15.9 Å². The largest absolute Gasteiger partial charge is 0.420 e. The first-order valence-electron chi connectivity index (χ1n) is 8.97. The number of hydrogen-bond acceptors (Lipinski definition) is 5. The van der Waals surface area contributed by atoms with E-state index in [-0.39, 0.29) is 28.0 Å². The number of aromatic nitrogens is 2. The number of nitro benzene ring substituents is 1. The van der Waals surface area contributed by atoms with Crippen molar-refractivity contribution in [2.24, 2.45) is 0 Å². The highest BCUT2D eigenvalue weighted by atomic mass is 35.5. The summed E-state index contributed by atoms with van der Waals surface area (Å²) in [6.07, 6.45) is 3.30. The lowest BCUT2D eigenvalue weighted by Gasteiger charge is -2.14. The summed E-state index contributed by atoms with van der Waals surface area (Å²) in [4.78, 5) is 23.1. The number of rotatable bonds is 4. The molecule has 29 heavy (non-hydrogen) atoms. The number of halogens is 2. The second kappa shape index (κ2) is 7.63. The number of benzene rings is 2. The van der Waals surface area contributed by atoms with Crippen molar-refractivity contribution >= 4 is 23.3 Å². The number of fused-ring (bicyclic) bond motifs is 1. The van der Waals surface area contributed by atoms with Crippen LogP contribution in [0.2, 0.25) is 5.02 Å². The summed E-state index contributed by atoms with van der Waals surface area (Å²) in [7, 11) is 0. The summed E-state index contributed by atoms with van der Waals surface area (Å²) < 4.78 is 20.3. The molecule has 1 heterocycles. The van der Waals surface area contributed by atoms with Crippen molar-refractivity contribution in [2.45, 2.75) is 25.7 Å². The molecule has 0 amide bonds. The van der Waals surface area contributed by atoms with Crippen molar-refractivity contribution in [2.75, 3.05) is 0 Å². The molecule has 0 unspecified atom stereocenters. The number of nitro groups is 1. The first-order valence-corrected chi connectivity index (χ1v) is 9.34. The van der Waals surface area contributed by atoms with Crippen molar-refractivity contribution in [1.29, 1.82) is 0 Å². The maximum absolute atomic E-state index is 13.3. The molecule has 0 aliphatic heterocycles. The summed E-state index contributed by atoms with van der Waals surface area (Å²) in [5.41, 5.74) is 2.30. The van der Waals surface area contributed by atoms with E-state index in [2.05, 4.69) is 5.10 Å². The Kier molecular flexibility index (Phi) is 5.02. The molecule has 1 aliphatic carbocycles. The summed E-state index contributed by atoms with van der Waals surface area (Å²) in [6.45, 7) is 0. The summed E-state index contributed by atoms with van der Waals surface area (Å²) in [5.74, 6) is -1.04. The number of carbonyl (C=O) groups is 1. The molecule has 148 valence electrons. The Morgan fingerprint density at radius 3 is 2.59 bits per heavy atom. The fourth-order valence-electron chi connectivity index (χ4n) is 3.39. The van der Waals surface area contributed by atoms with Gasteiger partial charge in [-0.25, -0.2) is 13.9 Å². The van der Waals surface area contributed by atoms with Gasteiger partial charge in [0, 0.05) is 23.4 Å². The van der Waals surface area contributed by atoms with E-state index < -0.39 is 10.9 Å². The first kappa shape index (κ1) is 19.1. The van der Waals surface area contributed by atoms with E-state index in [1.54, 1.807) is 16.8 Å². The van der Waals surface area contributed by atoms with Gasteiger partial charge in [-0.05, 0) is 56.0 Å². The summed E-state index contributed by atoms with van der Waals surface area (Å²) in [5, 5.41) is 15.2. The fraction of sp³-hybridized carbons (Fsp3) is 0.200. The highest BCUT2D eigenvalue weighted by Gasteiger charge is 2.27. The standard InChI is InChI=1S/C20H15ClFN3O4/c21-16-11-14(25(27)28)9-10-18(16)29-20(26)19-15-3-1-2-4-17(15)24(23-19)13-7-5-12(22)6-8-13/h5-11H,1-4H2. The van der Waals surface area contributed by atoms with Crippen LogP contribution in [0.5, 0.6) is 5.75 Å². The number of nitrogens with zero attached hydrogens (tertiary/aromatic N) is 3. The topological polar surface area (TPSA) is 87.3 Å². The van der Waals surface area contributed by atoms with Gasteiger partial charge in [-0.15, -0.1) is 0 Å². The SMILES string of the molecule is O=C(Oc1ccc([N+](=O)[O-])cc1Cl)c1nn(-c2ccc(F)cc2)c2c1CCCC2. The number of carbonyl (C=O) groups excluding carboxylic acids is 1. The Balaban J connectivity index is 1.69. The number of non-ortho nitro benzene ring substituents is 1. The van der Waals surface area contributed by atoms with E-state index in [1.807, 2.05) is 0 Å². The van der Waals surface area contributed by atoms with Crippen LogP contribution in [-0.2, 0) is 12.8 Å². The molecule has 0 radical (unpaired) electrons. The van der Waals surface area contributed by atoms with Gasteiger partial charge in [0.05, 0.1) is 15.6 Å². The van der Waals surface area contributed by atoms with Crippen LogP contribution < -0.4 is 4.74 Å². The maximum Gasteiger partial charge on any atom is 0.364 e. The van der Waals surface area contributed by atoms with E-state index >= 15 is 0 Å². The van der Waals surface area contributed by atoms with Crippen LogP contribution in [-0.4, -0.2) is 20.7 Å². The zero-order valence-electron chi connectivity index (χ0n) is 15.1. The van der Waals surface area contributed by atoms with E-state index in [9.17, 15) is 19.3 Å². The molecular formula is C20H15ClFN3O4. The van der Waals surface area contributed by atoms with Gasteiger partial charge >= 0.3 is 5.97 Å². The normalized spacial score (nSPS) is 13.0. The van der Waals surface area contributed by atoms with Crippen LogP contribution >= 0.6 is 11.6 Å². The minimum absolute atomic E-state index is 0.0168. The van der Waals surface area contributed by atoms with Crippen LogP contribution in [0.4, 0.5) is 10.1 Å². The highest BCUT2D eigenvalue weighted by molar-refractivity contribution is 6.32. The van der Waals surface area contributed by atoms with Gasteiger partial charge < -0.3 is 4.74 Å². The van der Waals surface area contributed by atoms with Gasteiger partial charge in [-0.2, -0.15) is 5.10 Å². The molecule has 1 aromatic heterocycles. The minimum atomic E-state index is -0.695. The predicted octanol–water partition coefficient (Wildman–Crippen LogP) is 4.67. The zero-order valence-corrected chi connectivity index (χ0v) is 15.9. The second-order valence-electron chi connectivity index (χ2n) is 6.63. The summed E-state index contributed by atoms with van der Waals surface area (Å²) in [6, 6.07) is 9.47. The smallest absolute Gasteiger partial charge is 0.364 e. The molecule has 1 aliphatic rings. The Hall–Kier alpha value is -3.26. The molecule has 7 nitrogen and oxygen atoms in total. The Morgan fingerprint density at radius 1 is 1.17 bits per heavy atom. The third kappa shape index (κ3) is 3.71. The number of ether oxygens (including phenoxy) is 1. The number of esters is 1. The van der Waals surface area contributed by atoms with E-state index in [0.29, 0.717) is 12.1 Å². The molecule has 3 aromatic rings. The van der Waals surface area contributed by atoms with Crippen molar-refractivity contribution in [3.05, 3.63) is 80.4 Å². The van der Waals surface area contributed by atoms with Gasteiger partial charge in [0.25, 0.3) is 5.69 Å². The van der Waals surface area contributed by atoms with Gasteiger partial charge in [0.1, 0.15) is 11.6 Å². The number of hydrogen-bond donors (Lipinski definition) is 0. The Morgan fingerprint density at radius 2 is 1.90 bits per heavy atom. The first-order chi connectivity index (χ1) is 13.9. The minimum Gasteiger partial charge on any atom is -0.420 e. The molecule has 0 bridgehead atoms. The molecular weight excluding hydrogens is 401 g/mol. The maximum atomic E-state index is 13.3. The van der Waals surface area contributed by atoms with Crippen LogP contribution in [0.1, 0.15) is 34.6 Å². The molecule has 2 aromatic carbocycles. The molecule has 0 saturated heterocycles. The van der Waals surface area contributed by atoms with Gasteiger partial charge in [-0.1, -0.05) is 11.6 Å². The van der Waals surface area contributed by atoms with Crippen molar-refractivity contribution in [3.8, 4) is 11.4 Å².